The summed E-state index contributed by atoms with van der Waals surface area (Å²) in [4.78, 5) is 0. The second-order valence-corrected chi connectivity index (χ2v) is 4.70. The maximum atomic E-state index is 10.6. The van der Waals surface area contributed by atoms with E-state index in [4.69, 9.17) is 21.1 Å². The Bertz CT molecular complexity index is 584. The molecule has 4 heteroatoms. The van der Waals surface area contributed by atoms with Gasteiger partial charge in [-0.05, 0) is 31.2 Å². The summed E-state index contributed by atoms with van der Waals surface area (Å²) in [6.07, 6.45) is -0.855. The van der Waals surface area contributed by atoms with Crippen molar-refractivity contribution in [2.45, 2.75) is 13.0 Å². The van der Waals surface area contributed by atoms with E-state index in [1.807, 2.05) is 31.2 Å². The van der Waals surface area contributed by atoms with Gasteiger partial charge in [-0.25, -0.2) is 0 Å². The number of methoxy groups -OCH3 is 1. The van der Waals surface area contributed by atoms with Crippen molar-refractivity contribution in [3.05, 3.63) is 58.6 Å². The molecule has 2 aromatic rings. The Morgan fingerprint density at radius 2 is 1.85 bits per heavy atom. The molecule has 0 spiro atoms. The maximum Gasteiger partial charge on any atom is 0.125 e. The molecule has 0 bridgehead atoms. The van der Waals surface area contributed by atoms with Gasteiger partial charge in [-0.15, -0.1) is 0 Å². The van der Waals surface area contributed by atoms with Crippen molar-refractivity contribution in [3.63, 3.8) is 0 Å². The lowest BCUT2D eigenvalue weighted by molar-refractivity contribution is 0.207. The van der Waals surface area contributed by atoms with Crippen LogP contribution in [0.1, 0.15) is 24.2 Å². The standard InChI is InChI=1S/C16H17ClO3/c1-3-20-15-7-5-4-6-12(15)16(18)13-10-11(17)8-9-14(13)19-2/h4-10,16,18H,3H2,1-2H3. The molecule has 0 aliphatic rings. The molecule has 3 nitrogen and oxygen atoms in total. The Balaban J connectivity index is 2.45. The van der Waals surface area contributed by atoms with Crippen molar-refractivity contribution >= 4 is 11.6 Å². The van der Waals surface area contributed by atoms with Crippen LogP contribution >= 0.6 is 11.6 Å². The van der Waals surface area contributed by atoms with Gasteiger partial charge < -0.3 is 14.6 Å². The summed E-state index contributed by atoms with van der Waals surface area (Å²) in [6.45, 7) is 2.44. The molecule has 0 aliphatic carbocycles. The first kappa shape index (κ1) is 14.7. The third kappa shape index (κ3) is 3.06. The first-order valence-corrected chi connectivity index (χ1v) is 6.78. The highest BCUT2D eigenvalue weighted by molar-refractivity contribution is 6.30. The van der Waals surface area contributed by atoms with Gasteiger partial charge in [-0.1, -0.05) is 29.8 Å². The summed E-state index contributed by atoms with van der Waals surface area (Å²) in [6, 6.07) is 12.6. The van der Waals surface area contributed by atoms with Crippen LogP contribution in [-0.4, -0.2) is 18.8 Å². The zero-order valence-corrected chi connectivity index (χ0v) is 12.2. The molecule has 0 amide bonds. The average molecular weight is 293 g/mol. The summed E-state index contributed by atoms with van der Waals surface area (Å²) < 4.78 is 10.8. The molecule has 0 aliphatic heterocycles. The number of hydrogen-bond acceptors (Lipinski definition) is 3. The number of halogens is 1. The Labute approximate surface area is 123 Å². The van der Waals surface area contributed by atoms with Crippen LogP contribution in [0.2, 0.25) is 5.02 Å². The zero-order chi connectivity index (χ0) is 14.5. The molecule has 1 N–H and O–H groups in total. The number of aliphatic hydroxyl groups excluding tert-OH is 1. The summed E-state index contributed by atoms with van der Waals surface area (Å²) in [7, 11) is 1.56. The quantitative estimate of drug-likeness (QED) is 0.910. The molecular formula is C16H17ClO3. The number of ether oxygens (including phenoxy) is 2. The molecule has 20 heavy (non-hydrogen) atoms. The Morgan fingerprint density at radius 1 is 1.10 bits per heavy atom. The van der Waals surface area contributed by atoms with Crippen LogP contribution in [0.3, 0.4) is 0 Å². The fourth-order valence-electron chi connectivity index (χ4n) is 2.08. The lowest BCUT2D eigenvalue weighted by Crippen LogP contribution is -2.05. The smallest absolute Gasteiger partial charge is 0.125 e. The van der Waals surface area contributed by atoms with E-state index in [0.29, 0.717) is 34.3 Å². The molecule has 2 aromatic carbocycles. The van der Waals surface area contributed by atoms with Crippen LogP contribution in [0.5, 0.6) is 11.5 Å². The van der Waals surface area contributed by atoms with E-state index < -0.39 is 6.10 Å². The van der Waals surface area contributed by atoms with Crippen molar-refractivity contribution in [2.75, 3.05) is 13.7 Å². The molecule has 0 saturated carbocycles. The lowest BCUT2D eigenvalue weighted by Gasteiger charge is -2.18. The van der Waals surface area contributed by atoms with Gasteiger partial charge in [-0.3, -0.25) is 0 Å². The lowest BCUT2D eigenvalue weighted by atomic mass is 10.00. The predicted octanol–water partition coefficient (Wildman–Crippen LogP) is 3.83. The second-order valence-electron chi connectivity index (χ2n) is 4.26. The van der Waals surface area contributed by atoms with E-state index in [0.717, 1.165) is 0 Å². The zero-order valence-electron chi connectivity index (χ0n) is 11.5. The molecule has 106 valence electrons. The van der Waals surface area contributed by atoms with E-state index in [9.17, 15) is 5.11 Å². The molecule has 0 radical (unpaired) electrons. The first-order chi connectivity index (χ1) is 9.67. The minimum atomic E-state index is -0.855. The van der Waals surface area contributed by atoms with Crippen molar-refractivity contribution in [1.82, 2.24) is 0 Å². The third-order valence-corrected chi connectivity index (χ3v) is 3.23. The van der Waals surface area contributed by atoms with Crippen LogP contribution in [0.4, 0.5) is 0 Å². The topological polar surface area (TPSA) is 38.7 Å². The second kappa shape index (κ2) is 6.64. The van der Waals surface area contributed by atoms with E-state index in [-0.39, 0.29) is 0 Å². The van der Waals surface area contributed by atoms with Gasteiger partial charge in [0.1, 0.15) is 17.6 Å². The number of para-hydroxylation sites is 1. The number of rotatable bonds is 5. The van der Waals surface area contributed by atoms with Crippen LogP contribution in [0, 0.1) is 0 Å². The van der Waals surface area contributed by atoms with Crippen molar-refractivity contribution in [3.8, 4) is 11.5 Å². The van der Waals surface area contributed by atoms with Gasteiger partial charge in [0.05, 0.1) is 13.7 Å². The van der Waals surface area contributed by atoms with E-state index in [1.165, 1.54) is 0 Å². The molecule has 0 heterocycles. The van der Waals surface area contributed by atoms with Crippen molar-refractivity contribution in [2.24, 2.45) is 0 Å². The molecule has 2 rings (SSSR count). The summed E-state index contributed by atoms with van der Waals surface area (Å²) in [5, 5.41) is 11.2. The molecule has 0 fully saturated rings. The normalized spacial score (nSPS) is 12.0. The Morgan fingerprint density at radius 3 is 2.55 bits per heavy atom. The predicted molar refractivity (Wildman–Crippen MR) is 79.7 cm³/mol. The monoisotopic (exact) mass is 292 g/mol. The molecular weight excluding hydrogens is 276 g/mol. The minimum Gasteiger partial charge on any atom is -0.496 e. The van der Waals surface area contributed by atoms with Gasteiger partial charge in [0, 0.05) is 16.1 Å². The van der Waals surface area contributed by atoms with Crippen molar-refractivity contribution in [1.29, 1.82) is 0 Å². The first-order valence-electron chi connectivity index (χ1n) is 6.40. The highest BCUT2D eigenvalue weighted by atomic mass is 35.5. The van der Waals surface area contributed by atoms with Crippen LogP contribution in [0.25, 0.3) is 0 Å². The van der Waals surface area contributed by atoms with Gasteiger partial charge >= 0.3 is 0 Å². The summed E-state index contributed by atoms with van der Waals surface area (Å²) in [5.74, 6) is 1.25. The number of aliphatic hydroxyl groups is 1. The Kier molecular flexibility index (Phi) is 4.88. The maximum absolute atomic E-state index is 10.6. The van der Waals surface area contributed by atoms with Gasteiger partial charge in [0.25, 0.3) is 0 Å². The van der Waals surface area contributed by atoms with E-state index >= 15 is 0 Å². The molecule has 0 saturated heterocycles. The summed E-state index contributed by atoms with van der Waals surface area (Å²) in [5.41, 5.74) is 1.31. The van der Waals surface area contributed by atoms with E-state index in [2.05, 4.69) is 0 Å². The SMILES string of the molecule is CCOc1ccccc1C(O)c1cc(Cl)ccc1OC. The fourth-order valence-corrected chi connectivity index (χ4v) is 2.26. The fraction of sp³-hybridized carbons (Fsp3) is 0.250. The van der Waals surface area contributed by atoms with Gasteiger partial charge in [0.15, 0.2) is 0 Å². The van der Waals surface area contributed by atoms with Crippen molar-refractivity contribution < 1.29 is 14.6 Å². The summed E-state index contributed by atoms with van der Waals surface area (Å²) >= 11 is 6.01. The van der Waals surface area contributed by atoms with Gasteiger partial charge in [0.2, 0.25) is 0 Å². The average Bonchev–Trinajstić information content (AvgIpc) is 2.47. The van der Waals surface area contributed by atoms with Gasteiger partial charge in [-0.2, -0.15) is 0 Å². The number of benzene rings is 2. The number of hydrogen-bond donors (Lipinski definition) is 1. The largest absolute Gasteiger partial charge is 0.496 e. The van der Waals surface area contributed by atoms with Crippen LogP contribution in [0.15, 0.2) is 42.5 Å². The molecule has 0 aromatic heterocycles. The molecule has 1 atom stereocenters. The Hall–Kier alpha value is -1.71. The van der Waals surface area contributed by atoms with E-state index in [1.54, 1.807) is 25.3 Å². The third-order valence-electron chi connectivity index (χ3n) is 3.00. The highest BCUT2D eigenvalue weighted by Crippen LogP contribution is 2.35. The highest BCUT2D eigenvalue weighted by Gasteiger charge is 2.19. The minimum absolute atomic E-state index is 0.538. The van der Waals surface area contributed by atoms with Crippen LogP contribution < -0.4 is 9.47 Å². The van der Waals surface area contributed by atoms with Crippen LogP contribution in [-0.2, 0) is 0 Å². The molecule has 1 unspecified atom stereocenters.